The van der Waals surface area contributed by atoms with E-state index in [0.717, 1.165) is 22.5 Å². The molecule has 3 rings (SSSR count). The second-order valence-electron chi connectivity index (χ2n) is 6.39. The van der Waals surface area contributed by atoms with Gasteiger partial charge in [-0.25, -0.2) is 4.98 Å². The van der Waals surface area contributed by atoms with Gasteiger partial charge in [-0.15, -0.1) is 11.3 Å². The van der Waals surface area contributed by atoms with Crippen LogP contribution in [0.3, 0.4) is 0 Å². The maximum absolute atomic E-state index is 9.41. The lowest BCUT2D eigenvalue weighted by Crippen LogP contribution is -1.86. The molecule has 0 atom stereocenters. The molecular formula is C21H25NOS. The van der Waals surface area contributed by atoms with Crippen LogP contribution in [-0.2, 0) is 6.42 Å². The molecule has 3 aromatic rings. The van der Waals surface area contributed by atoms with Gasteiger partial charge in [-0.3, -0.25) is 0 Å². The van der Waals surface area contributed by atoms with Crippen LogP contribution in [-0.4, -0.2) is 10.1 Å². The average molecular weight is 340 g/mol. The third-order valence-corrected chi connectivity index (χ3v) is 5.47. The van der Waals surface area contributed by atoms with Crippen LogP contribution in [0.1, 0.15) is 51.0 Å². The molecular weight excluding hydrogens is 314 g/mol. The van der Waals surface area contributed by atoms with Gasteiger partial charge in [0.05, 0.1) is 10.2 Å². The Hall–Kier alpha value is -1.87. The van der Waals surface area contributed by atoms with Crippen molar-refractivity contribution >= 4 is 21.6 Å². The van der Waals surface area contributed by atoms with E-state index in [-0.39, 0.29) is 0 Å². The SMILES string of the molecule is CCCCCCCCc1ccc2sc(-c3ccc(O)cc3)nc2c1. The predicted molar refractivity (Wildman–Crippen MR) is 104 cm³/mol. The van der Waals surface area contributed by atoms with Gasteiger partial charge in [0.2, 0.25) is 0 Å². The predicted octanol–water partition coefficient (Wildman–Crippen LogP) is 6.57. The van der Waals surface area contributed by atoms with E-state index >= 15 is 0 Å². The molecule has 2 nitrogen and oxygen atoms in total. The summed E-state index contributed by atoms with van der Waals surface area (Å²) in [5.41, 5.74) is 3.54. The van der Waals surface area contributed by atoms with Crippen molar-refractivity contribution in [1.82, 2.24) is 4.98 Å². The number of aromatic nitrogens is 1. The Bertz CT molecular complexity index is 776. The highest BCUT2D eigenvalue weighted by Crippen LogP contribution is 2.31. The summed E-state index contributed by atoms with van der Waals surface area (Å²) >= 11 is 1.71. The van der Waals surface area contributed by atoms with Crippen LogP contribution in [0.5, 0.6) is 5.75 Å². The number of unbranched alkanes of at least 4 members (excludes halogenated alkanes) is 5. The minimum absolute atomic E-state index is 0.293. The van der Waals surface area contributed by atoms with Crippen LogP contribution in [0.25, 0.3) is 20.8 Å². The van der Waals surface area contributed by atoms with E-state index in [1.54, 1.807) is 23.5 Å². The maximum Gasteiger partial charge on any atom is 0.124 e. The number of rotatable bonds is 8. The summed E-state index contributed by atoms with van der Waals surface area (Å²) in [5.74, 6) is 0.293. The van der Waals surface area contributed by atoms with Gasteiger partial charge in [-0.05, 0) is 54.8 Å². The molecule has 3 heteroatoms. The number of phenols is 1. The first-order valence-electron chi connectivity index (χ1n) is 8.95. The Morgan fingerprint density at radius 2 is 1.67 bits per heavy atom. The molecule has 0 aliphatic rings. The molecule has 2 aromatic carbocycles. The molecule has 0 bridgehead atoms. The normalized spacial score (nSPS) is 11.2. The quantitative estimate of drug-likeness (QED) is 0.471. The van der Waals surface area contributed by atoms with E-state index in [1.807, 2.05) is 12.1 Å². The Morgan fingerprint density at radius 1 is 0.917 bits per heavy atom. The summed E-state index contributed by atoms with van der Waals surface area (Å²) in [4.78, 5) is 4.78. The maximum atomic E-state index is 9.41. The largest absolute Gasteiger partial charge is 0.508 e. The van der Waals surface area contributed by atoms with Crippen molar-refractivity contribution in [2.45, 2.75) is 51.9 Å². The van der Waals surface area contributed by atoms with Gasteiger partial charge >= 0.3 is 0 Å². The van der Waals surface area contributed by atoms with Crippen LogP contribution in [0.2, 0.25) is 0 Å². The number of nitrogens with zero attached hydrogens (tertiary/aromatic N) is 1. The first kappa shape index (κ1) is 17.0. The Kier molecular flexibility index (Phi) is 5.86. The van der Waals surface area contributed by atoms with Crippen LogP contribution in [0.15, 0.2) is 42.5 Å². The number of fused-ring (bicyclic) bond motifs is 1. The van der Waals surface area contributed by atoms with Gasteiger partial charge in [0, 0.05) is 5.56 Å². The zero-order chi connectivity index (χ0) is 16.8. The van der Waals surface area contributed by atoms with Gasteiger partial charge in [0.25, 0.3) is 0 Å². The monoisotopic (exact) mass is 339 g/mol. The standard InChI is InChI=1S/C21H25NOS/c1-2-3-4-5-6-7-8-16-9-14-20-19(15-16)22-21(24-20)17-10-12-18(23)13-11-17/h9-15,23H,2-8H2,1H3. The highest BCUT2D eigenvalue weighted by molar-refractivity contribution is 7.21. The molecule has 1 heterocycles. The van der Waals surface area contributed by atoms with Crippen LogP contribution < -0.4 is 0 Å². The van der Waals surface area contributed by atoms with Crippen molar-refractivity contribution in [1.29, 1.82) is 0 Å². The molecule has 0 aliphatic heterocycles. The minimum atomic E-state index is 0.293. The first-order chi connectivity index (χ1) is 11.8. The third kappa shape index (κ3) is 4.35. The Morgan fingerprint density at radius 3 is 2.46 bits per heavy atom. The number of hydrogen-bond donors (Lipinski definition) is 1. The first-order valence-corrected chi connectivity index (χ1v) is 9.77. The van der Waals surface area contributed by atoms with Gasteiger partial charge < -0.3 is 5.11 Å². The number of benzene rings is 2. The fourth-order valence-electron chi connectivity index (χ4n) is 2.97. The van der Waals surface area contributed by atoms with Gasteiger partial charge in [0.1, 0.15) is 10.8 Å². The van der Waals surface area contributed by atoms with E-state index in [1.165, 1.54) is 48.8 Å². The molecule has 0 saturated carbocycles. The second kappa shape index (κ2) is 8.29. The van der Waals surface area contributed by atoms with Crippen molar-refractivity contribution in [3.8, 4) is 16.3 Å². The number of hydrogen-bond acceptors (Lipinski definition) is 3. The van der Waals surface area contributed by atoms with Gasteiger partial charge in [0.15, 0.2) is 0 Å². The zero-order valence-electron chi connectivity index (χ0n) is 14.3. The topological polar surface area (TPSA) is 33.1 Å². The molecule has 126 valence electrons. The summed E-state index contributed by atoms with van der Waals surface area (Å²) in [6.07, 6.45) is 9.15. The van der Waals surface area contributed by atoms with E-state index in [2.05, 4.69) is 25.1 Å². The molecule has 0 aliphatic carbocycles. The van der Waals surface area contributed by atoms with Crippen LogP contribution in [0, 0.1) is 0 Å². The molecule has 0 unspecified atom stereocenters. The van der Waals surface area contributed by atoms with E-state index < -0.39 is 0 Å². The lowest BCUT2D eigenvalue weighted by Gasteiger charge is -2.02. The molecule has 1 aromatic heterocycles. The van der Waals surface area contributed by atoms with E-state index in [0.29, 0.717) is 5.75 Å². The molecule has 0 saturated heterocycles. The van der Waals surface area contributed by atoms with Crippen molar-refractivity contribution in [3.05, 3.63) is 48.0 Å². The van der Waals surface area contributed by atoms with E-state index in [4.69, 9.17) is 4.98 Å². The summed E-state index contributed by atoms with van der Waals surface area (Å²) in [5, 5.41) is 10.4. The van der Waals surface area contributed by atoms with Gasteiger partial charge in [-0.2, -0.15) is 0 Å². The van der Waals surface area contributed by atoms with Gasteiger partial charge in [-0.1, -0.05) is 45.1 Å². The number of phenolic OH excluding ortho intramolecular Hbond substituents is 1. The van der Waals surface area contributed by atoms with E-state index in [9.17, 15) is 5.11 Å². The average Bonchev–Trinajstić information content (AvgIpc) is 3.02. The Balaban J connectivity index is 1.64. The number of thiazole rings is 1. The summed E-state index contributed by atoms with van der Waals surface area (Å²) in [6.45, 7) is 2.26. The van der Waals surface area contributed by atoms with Crippen molar-refractivity contribution in [2.75, 3.05) is 0 Å². The Labute approximate surface area is 148 Å². The van der Waals surface area contributed by atoms with Crippen molar-refractivity contribution in [3.63, 3.8) is 0 Å². The number of aryl methyl sites for hydroxylation is 1. The fourth-order valence-corrected chi connectivity index (χ4v) is 3.92. The zero-order valence-corrected chi connectivity index (χ0v) is 15.1. The molecule has 0 amide bonds. The molecule has 0 fully saturated rings. The number of aromatic hydroxyl groups is 1. The lowest BCUT2D eigenvalue weighted by atomic mass is 10.0. The van der Waals surface area contributed by atoms with Crippen molar-refractivity contribution in [2.24, 2.45) is 0 Å². The molecule has 0 spiro atoms. The highest BCUT2D eigenvalue weighted by Gasteiger charge is 2.07. The molecule has 24 heavy (non-hydrogen) atoms. The van der Waals surface area contributed by atoms with Crippen LogP contribution in [0.4, 0.5) is 0 Å². The molecule has 1 N–H and O–H groups in total. The minimum Gasteiger partial charge on any atom is -0.508 e. The highest BCUT2D eigenvalue weighted by atomic mass is 32.1. The smallest absolute Gasteiger partial charge is 0.124 e. The third-order valence-electron chi connectivity index (χ3n) is 4.39. The summed E-state index contributed by atoms with van der Waals surface area (Å²) in [6, 6.07) is 13.9. The fraction of sp³-hybridized carbons (Fsp3) is 0.381. The van der Waals surface area contributed by atoms with Crippen LogP contribution >= 0.6 is 11.3 Å². The summed E-state index contributed by atoms with van der Waals surface area (Å²) < 4.78 is 1.23. The lowest BCUT2D eigenvalue weighted by molar-refractivity contribution is 0.475. The second-order valence-corrected chi connectivity index (χ2v) is 7.42. The summed E-state index contributed by atoms with van der Waals surface area (Å²) in [7, 11) is 0. The van der Waals surface area contributed by atoms with Crippen molar-refractivity contribution < 1.29 is 5.11 Å². The molecule has 0 radical (unpaired) electrons.